The number of Topliss-reactive ketones (excluding diaryl/α,β-unsaturated/α-hetero) is 1. The standard InChI is InChI=1S/C10H15NO2/c12-9(7-3-1-2-4-7)8-5-6-11-10(8)13/h7-8H,1-6H2,(H,11,13). The summed E-state index contributed by atoms with van der Waals surface area (Å²) in [6.07, 6.45) is 5.04. The molecule has 1 amide bonds. The number of hydrogen-bond acceptors (Lipinski definition) is 2. The van der Waals surface area contributed by atoms with Crippen molar-refractivity contribution in [2.24, 2.45) is 11.8 Å². The zero-order chi connectivity index (χ0) is 9.26. The third-order valence-corrected chi connectivity index (χ3v) is 3.15. The van der Waals surface area contributed by atoms with Crippen molar-refractivity contribution in [2.75, 3.05) is 6.54 Å². The Hall–Kier alpha value is -0.860. The summed E-state index contributed by atoms with van der Waals surface area (Å²) < 4.78 is 0. The highest BCUT2D eigenvalue weighted by molar-refractivity contribution is 6.03. The molecule has 3 nitrogen and oxygen atoms in total. The molecule has 1 aliphatic carbocycles. The lowest BCUT2D eigenvalue weighted by molar-refractivity contribution is -0.134. The lowest BCUT2D eigenvalue weighted by Crippen LogP contribution is -2.29. The van der Waals surface area contributed by atoms with E-state index in [1.807, 2.05) is 0 Å². The van der Waals surface area contributed by atoms with Gasteiger partial charge in [-0.1, -0.05) is 12.8 Å². The highest BCUT2D eigenvalue weighted by Gasteiger charge is 2.36. The largest absolute Gasteiger partial charge is 0.355 e. The molecule has 2 fully saturated rings. The van der Waals surface area contributed by atoms with E-state index in [2.05, 4.69) is 5.32 Å². The maximum atomic E-state index is 11.8. The first-order valence-electron chi connectivity index (χ1n) is 5.10. The Morgan fingerprint density at radius 1 is 1.23 bits per heavy atom. The lowest BCUT2D eigenvalue weighted by Gasteiger charge is -2.11. The normalized spacial score (nSPS) is 29.2. The Labute approximate surface area is 77.9 Å². The van der Waals surface area contributed by atoms with Gasteiger partial charge >= 0.3 is 0 Å². The van der Waals surface area contributed by atoms with E-state index in [4.69, 9.17) is 0 Å². The Bertz CT molecular complexity index is 231. The van der Waals surface area contributed by atoms with Crippen LogP contribution in [0.25, 0.3) is 0 Å². The molecule has 0 aromatic rings. The first-order chi connectivity index (χ1) is 6.29. The van der Waals surface area contributed by atoms with Gasteiger partial charge in [0.1, 0.15) is 5.78 Å². The van der Waals surface area contributed by atoms with Gasteiger partial charge in [0.15, 0.2) is 0 Å². The van der Waals surface area contributed by atoms with Crippen molar-refractivity contribution in [3.63, 3.8) is 0 Å². The van der Waals surface area contributed by atoms with E-state index in [1.54, 1.807) is 0 Å². The van der Waals surface area contributed by atoms with Crippen LogP contribution >= 0.6 is 0 Å². The first kappa shape index (κ1) is 8.73. The summed E-state index contributed by atoms with van der Waals surface area (Å²) in [5.41, 5.74) is 0. The second kappa shape index (κ2) is 3.48. The second-order valence-electron chi connectivity index (χ2n) is 4.02. The van der Waals surface area contributed by atoms with Crippen LogP contribution in [0, 0.1) is 11.8 Å². The molecule has 1 heterocycles. The van der Waals surface area contributed by atoms with E-state index in [-0.39, 0.29) is 23.5 Å². The summed E-state index contributed by atoms with van der Waals surface area (Å²) in [4.78, 5) is 23.0. The van der Waals surface area contributed by atoms with E-state index >= 15 is 0 Å². The van der Waals surface area contributed by atoms with Gasteiger partial charge in [-0.15, -0.1) is 0 Å². The number of carbonyl (C=O) groups excluding carboxylic acids is 2. The Morgan fingerprint density at radius 2 is 1.92 bits per heavy atom. The SMILES string of the molecule is O=C1NCCC1C(=O)C1CCCC1. The zero-order valence-corrected chi connectivity index (χ0v) is 7.71. The number of carbonyl (C=O) groups is 2. The van der Waals surface area contributed by atoms with Gasteiger partial charge in [0, 0.05) is 12.5 Å². The number of rotatable bonds is 2. The Morgan fingerprint density at radius 3 is 2.46 bits per heavy atom. The summed E-state index contributed by atoms with van der Waals surface area (Å²) in [7, 11) is 0. The maximum absolute atomic E-state index is 11.8. The summed E-state index contributed by atoms with van der Waals surface area (Å²) >= 11 is 0. The zero-order valence-electron chi connectivity index (χ0n) is 7.71. The van der Waals surface area contributed by atoms with Gasteiger partial charge in [-0.2, -0.15) is 0 Å². The third kappa shape index (κ3) is 1.60. The molecule has 0 aromatic carbocycles. The molecule has 2 rings (SSSR count). The molecule has 1 N–H and O–H groups in total. The van der Waals surface area contributed by atoms with Crippen LogP contribution in [-0.2, 0) is 9.59 Å². The molecule has 0 radical (unpaired) electrons. The molecular formula is C10H15NO2. The monoisotopic (exact) mass is 181 g/mol. The number of amides is 1. The minimum Gasteiger partial charge on any atom is -0.355 e. The smallest absolute Gasteiger partial charge is 0.230 e. The number of hydrogen-bond donors (Lipinski definition) is 1. The van der Waals surface area contributed by atoms with Gasteiger partial charge in [-0.25, -0.2) is 0 Å². The molecule has 1 unspecified atom stereocenters. The third-order valence-electron chi connectivity index (χ3n) is 3.15. The van der Waals surface area contributed by atoms with Crippen LogP contribution in [0.15, 0.2) is 0 Å². The molecule has 1 atom stereocenters. The predicted octanol–water partition coefficient (Wildman–Crippen LogP) is 0.882. The maximum Gasteiger partial charge on any atom is 0.230 e. The van der Waals surface area contributed by atoms with Crippen molar-refractivity contribution >= 4 is 11.7 Å². The van der Waals surface area contributed by atoms with Gasteiger partial charge in [-0.3, -0.25) is 9.59 Å². The first-order valence-corrected chi connectivity index (χ1v) is 5.10. The van der Waals surface area contributed by atoms with Crippen LogP contribution < -0.4 is 5.32 Å². The molecule has 13 heavy (non-hydrogen) atoms. The van der Waals surface area contributed by atoms with Crippen molar-refractivity contribution in [3.05, 3.63) is 0 Å². The van der Waals surface area contributed by atoms with Crippen molar-refractivity contribution in [2.45, 2.75) is 32.1 Å². The highest BCUT2D eigenvalue weighted by atomic mass is 16.2. The lowest BCUT2D eigenvalue weighted by atomic mass is 9.90. The van der Waals surface area contributed by atoms with Crippen LogP contribution in [0.4, 0.5) is 0 Å². The van der Waals surface area contributed by atoms with Crippen molar-refractivity contribution in [3.8, 4) is 0 Å². The van der Waals surface area contributed by atoms with E-state index in [0.717, 1.165) is 25.7 Å². The fourth-order valence-electron chi connectivity index (χ4n) is 2.36. The molecule has 1 aliphatic heterocycles. The Balaban J connectivity index is 1.99. The summed E-state index contributed by atoms with van der Waals surface area (Å²) in [5, 5.41) is 2.71. The van der Waals surface area contributed by atoms with Crippen LogP contribution in [0.2, 0.25) is 0 Å². The van der Waals surface area contributed by atoms with Crippen molar-refractivity contribution in [1.29, 1.82) is 0 Å². The molecule has 1 saturated heterocycles. The topological polar surface area (TPSA) is 46.2 Å². The number of nitrogens with one attached hydrogen (secondary N) is 1. The van der Waals surface area contributed by atoms with Gasteiger partial charge < -0.3 is 5.32 Å². The minimum atomic E-state index is -0.317. The summed E-state index contributed by atoms with van der Waals surface area (Å²) in [6.45, 7) is 0.682. The van der Waals surface area contributed by atoms with Crippen LogP contribution in [0.5, 0.6) is 0 Å². The van der Waals surface area contributed by atoms with Gasteiger partial charge in [0.2, 0.25) is 5.91 Å². The van der Waals surface area contributed by atoms with E-state index in [1.165, 1.54) is 0 Å². The fourth-order valence-corrected chi connectivity index (χ4v) is 2.36. The molecule has 0 bridgehead atoms. The van der Waals surface area contributed by atoms with Gasteiger partial charge in [0.05, 0.1) is 5.92 Å². The predicted molar refractivity (Wildman–Crippen MR) is 48.1 cm³/mol. The van der Waals surface area contributed by atoms with Crippen LogP contribution in [0.3, 0.4) is 0 Å². The van der Waals surface area contributed by atoms with E-state index in [9.17, 15) is 9.59 Å². The van der Waals surface area contributed by atoms with Crippen LogP contribution in [-0.4, -0.2) is 18.2 Å². The highest BCUT2D eigenvalue weighted by Crippen LogP contribution is 2.29. The summed E-state index contributed by atoms with van der Waals surface area (Å²) in [5.74, 6) is 0.0290. The van der Waals surface area contributed by atoms with Gasteiger partial charge in [0.25, 0.3) is 0 Å². The van der Waals surface area contributed by atoms with Gasteiger partial charge in [-0.05, 0) is 19.3 Å². The number of ketones is 1. The molecular weight excluding hydrogens is 166 g/mol. The Kier molecular flexibility index (Phi) is 2.34. The molecule has 2 aliphatic rings. The molecule has 0 spiro atoms. The quantitative estimate of drug-likeness (QED) is 0.643. The van der Waals surface area contributed by atoms with E-state index in [0.29, 0.717) is 13.0 Å². The molecule has 3 heteroatoms. The molecule has 72 valence electrons. The van der Waals surface area contributed by atoms with Crippen molar-refractivity contribution < 1.29 is 9.59 Å². The van der Waals surface area contributed by atoms with E-state index < -0.39 is 0 Å². The summed E-state index contributed by atoms with van der Waals surface area (Å²) in [6, 6.07) is 0. The van der Waals surface area contributed by atoms with Crippen molar-refractivity contribution in [1.82, 2.24) is 5.32 Å². The average Bonchev–Trinajstić information content (AvgIpc) is 2.72. The average molecular weight is 181 g/mol. The van der Waals surface area contributed by atoms with Crippen LogP contribution in [0.1, 0.15) is 32.1 Å². The fraction of sp³-hybridized carbons (Fsp3) is 0.800. The minimum absolute atomic E-state index is 0.0445. The molecule has 1 saturated carbocycles. The second-order valence-corrected chi connectivity index (χ2v) is 4.02. The molecule has 0 aromatic heterocycles.